The normalized spacial score (nSPS) is 14.3. The number of hydrogen-bond donors (Lipinski definition) is 2. The number of anilines is 1. The van der Waals surface area contributed by atoms with Gasteiger partial charge in [-0.1, -0.05) is 24.3 Å². The van der Waals surface area contributed by atoms with Crippen LogP contribution in [0.5, 0.6) is 0 Å². The summed E-state index contributed by atoms with van der Waals surface area (Å²) in [5.74, 6) is -0.718. The molecule has 5 nitrogen and oxygen atoms in total. The van der Waals surface area contributed by atoms with Gasteiger partial charge in [0, 0.05) is 23.9 Å². The first kappa shape index (κ1) is 21.6. The van der Waals surface area contributed by atoms with Crippen molar-refractivity contribution in [1.29, 1.82) is 5.26 Å². The van der Waals surface area contributed by atoms with Crippen molar-refractivity contribution in [1.82, 2.24) is 4.98 Å². The van der Waals surface area contributed by atoms with E-state index in [4.69, 9.17) is 5.26 Å². The maximum atomic E-state index is 14.0. The van der Waals surface area contributed by atoms with Crippen molar-refractivity contribution in [3.63, 3.8) is 0 Å². The lowest BCUT2D eigenvalue weighted by Crippen LogP contribution is -2.10. The number of alkyl halides is 4. The van der Waals surface area contributed by atoms with E-state index in [1.54, 1.807) is 24.4 Å². The third kappa shape index (κ3) is 4.74. The zero-order valence-electron chi connectivity index (χ0n) is 15.7. The van der Waals surface area contributed by atoms with Crippen molar-refractivity contribution in [3.05, 3.63) is 65.4 Å². The van der Waals surface area contributed by atoms with E-state index in [0.29, 0.717) is 22.0 Å². The number of aromatic amines is 1. The van der Waals surface area contributed by atoms with Gasteiger partial charge in [-0.05, 0) is 29.3 Å². The first-order valence-corrected chi connectivity index (χ1v) is 10.7. The Morgan fingerprint density at radius 1 is 1.17 bits per heavy atom. The van der Waals surface area contributed by atoms with Crippen molar-refractivity contribution in [2.45, 2.75) is 24.7 Å². The molecule has 0 amide bonds. The third-order valence-electron chi connectivity index (χ3n) is 4.64. The number of hydrogen-bond acceptors (Lipinski definition) is 3. The molecule has 0 saturated heterocycles. The Kier molecular flexibility index (Phi) is 5.76. The zero-order valence-corrected chi connectivity index (χ0v) is 16.5. The van der Waals surface area contributed by atoms with Crippen LogP contribution in [0.1, 0.15) is 29.0 Å². The van der Waals surface area contributed by atoms with Crippen LogP contribution in [0.2, 0.25) is 0 Å². The number of halogens is 4. The highest BCUT2D eigenvalue weighted by Crippen LogP contribution is 2.38. The molecule has 2 unspecified atom stereocenters. The molecule has 2 aromatic carbocycles. The summed E-state index contributed by atoms with van der Waals surface area (Å²) in [6, 6.07) is 10.7. The molecule has 10 heteroatoms. The molecule has 2 atom stereocenters. The Morgan fingerprint density at radius 2 is 1.83 bits per heavy atom. The molecule has 0 aliphatic heterocycles. The van der Waals surface area contributed by atoms with Gasteiger partial charge in [-0.15, -0.1) is 0 Å². The highest BCUT2D eigenvalue weighted by atomic mass is 32.2. The summed E-state index contributed by atoms with van der Waals surface area (Å²) in [4.78, 5) is 2.94. The van der Waals surface area contributed by atoms with E-state index in [2.05, 4.69) is 9.71 Å². The molecule has 0 aliphatic carbocycles. The van der Waals surface area contributed by atoms with Crippen LogP contribution < -0.4 is 4.72 Å². The van der Waals surface area contributed by atoms with Crippen LogP contribution in [0.25, 0.3) is 10.9 Å². The summed E-state index contributed by atoms with van der Waals surface area (Å²) in [5.41, 5.74) is 0.843. The van der Waals surface area contributed by atoms with Gasteiger partial charge in [0.25, 0.3) is 0 Å². The molecule has 2 N–H and O–H groups in total. The fourth-order valence-corrected chi connectivity index (χ4v) is 3.93. The molecule has 30 heavy (non-hydrogen) atoms. The standard InChI is InChI=1S/C20H17F4N3O2S/c1-30(28,29)27-18-4-2-3-15-17(11-26-19(15)18)16(9-14(21)10-25)12-5-7-13(8-6-12)20(22,23)24/h2-8,11,14,16,26-27H,9H2,1H3. The van der Waals surface area contributed by atoms with E-state index in [-0.39, 0.29) is 12.1 Å². The Bertz CT molecular complexity index is 1200. The highest BCUT2D eigenvalue weighted by molar-refractivity contribution is 7.92. The van der Waals surface area contributed by atoms with Crippen molar-refractivity contribution in [2.24, 2.45) is 0 Å². The summed E-state index contributed by atoms with van der Waals surface area (Å²) in [6.07, 6.45) is -4.06. The SMILES string of the molecule is CS(=O)(=O)Nc1cccc2c(C(CC(F)C#N)c3ccc(C(F)(F)F)cc3)c[nH]c12. The number of nitrogens with one attached hydrogen (secondary N) is 2. The van der Waals surface area contributed by atoms with E-state index in [1.807, 2.05) is 0 Å². The number of benzene rings is 2. The first-order chi connectivity index (χ1) is 14.0. The fraction of sp³-hybridized carbons (Fsp3) is 0.250. The van der Waals surface area contributed by atoms with E-state index in [9.17, 15) is 26.0 Å². The minimum Gasteiger partial charge on any atom is -0.359 e. The zero-order chi connectivity index (χ0) is 22.1. The van der Waals surface area contributed by atoms with Gasteiger partial charge < -0.3 is 4.98 Å². The predicted octanol–water partition coefficient (Wildman–Crippen LogP) is 4.94. The molecule has 0 saturated carbocycles. The van der Waals surface area contributed by atoms with E-state index >= 15 is 0 Å². The Morgan fingerprint density at radius 3 is 2.40 bits per heavy atom. The molecule has 0 bridgehead atoms. The molecular formula is C20H17F4N3O2S. The fourth-order valence-electron chi connectivity index (χ4n) is 3.36. The van der Waals surface area contributed by atoms with Gasteiger partial charge in [-0.3, -0.25) is 4.72 Å². The molecule has 0 spiro atoms. The molecule has 0 radical (unpaired) electrons. The molecule has 3 rings (SSSR count). The second-order valence-electron chi connectivity index (χ2n) is 6.85. The smallest absolute Gasteiger partial charge is 0.359 e. The van der Waals surface area contributed by atoms with Crippen LogP contribution in [0.3, 0.4) is 0 Å². The quantitative estimate of drug-likeness (QED) is 0.534. The van der Waals surface area contributed by atoms with Crippen LogP contribution in [0.15, 0.2) is 48.7 Å². The largest absolute Gasteiger partial charge is 0.416 e. The summed E-state index contributed by atoms with van der Waals surface area (Å²) < 4.78 is 78.2. The van der Waals surface area contributed by atoms with Gasteiger partial charge in [0.1, 0.15) is 0 Å². The Hall–Kier alpha value is -3.06. The van der Waals surface area contributed by atoms with Gasteiger partial charge in [0.2, 0.25) is 10.0 Å². The highest BCUT2D eigenvalue weighted by Gasteiger charge is 2.31. The lowest BCUT2D eigenvalue weighted by atomic mass is 9.86. The second-order valence-corrected chi connectivity index (χ2v) is 8.60. The summed E-state index contributed by atoms with van der Waals surface area (Å²) in [5, 5.41) is 9.47. The topological polar surface area (TPSA) is 85.8 Å². The van der Waals surface area contributed by atoms with E-state index in [1.165, 1.54) is 18.2 Å². The molecule has 0 fully saturated rings. The number of nitriles is 1. The van der Waals surface area contributed by atoms with Crippen LogP contribution in [-0.2, 0) is 16.2 Å². The van der Waals surface area contributed by atoms with Crippen molar-refractivity contribution < 1.29 is 26.0 Å². The number of para-hydroxylation sites is 1. The lowest BCUT2D eigenvalue weighted by Gasteiger charge is -2.18. The van der Waals surface area contributed by atoms with Crippen LogP contribution in [0.4, 0.5) is 23.2 Å². The van der Waals surface area contributed by atoms with E-state index < -0.39 is 33.9 Å². The van der Waals surface area contributed by atoms with Gasteiger partial charge in [0.05, 0.1) is 29.1 Å². The molecule has 158 valence electrons. The van der Waals surface area contributed by atoms with Gasteiger partial charge in [0.15, 0.2) is 6.17 Å². The van der Waals surface area contributed by atoms with Crippen LogP contribution in [-0.4, -0.2) is 25.8 Å². The van der Waals surface area contributed by atoms with Crippen molar-refractivity contribution in [3.8, 4) is 6.07 Å². The first-order valence-electron chi connectivity index (χ1n) is 8.78. The molecule has 0 aliphatic rings. The minimum atomic E-state index is -4.50. The summed E-state index contributed by atoms with van der Waals surface area (Å²) >= 11 is 0. The van der Waals surface area contributed by atoms with Gasteiger partial charge >= 0.3 is 6.18 Å². The lowest BCUT2D eigenvalue weighted by molar-refractivity contribution is -0.137. The Labute approximate surface area is 170 Å². The monoisotopic (exact) mass is 439 g/mol. The molecular weight excluding hydrogens is 422 g/mol. The van der Waals surface area contributed by atoms with Crippen molar-refractivity contribution in [2.75, 3.05) is 11.0 Å². The number of nitrogens with zero attached hydrogens (tertiary/aromatic N) is 1. The maximum Gasteiger partial charge on any atom is 0.416 e. The van der Waals surface area contributed by atoms with Gasteiger partial charge in [-0.25, -0.2) is 12.8 Å². The number of aromatic nitrogens is 1. The van der Waals surface area contributed by atoms with E-state index in [0.717, 1.165) is 18.4 Å². The number of rotatable bonds is 6. The summed E-state index contributed by atoms with van der Waals surface area (Å²) in [7, 11) is -3.55. The third-order valence-corrected chi connectivity index (χ3v) is 5.23. The Balaban J connectivity index is 2.10. The van der Waals surface area contributed by atoms with Crippen LogP contribution >= 0.6 is 0 Å². The molecule has 1 heterocycles. The number of sulfonamides is 1. The number of fused-ring (bicyclic) bond motifs is 1. The second kappa shape index (κ2) is 7.99. The predicted molar refractivity (Wildman–Crippen MR) is 105 cm³/mol. The minimum absolute atomic E-state index is 0.265. The van der Waals surface area contributed by atoms with Crippen molar-refractivity contribution >= 4 is 26.6 Å². The number of H-pyrrole nitrogens is 1. The molecule has 3 aromatic rings. The summed E-state index contributed by atoms with van der Waals surface area (Å²) in [6.45, 7) is 0. The maximum absolute atomic E-state index is 14.0. The molecule has 1 aromatic heterocycles. The van der Waals surface area contributed by atoms with Gasteiger partial charge in [-0.2, -0.15) is 18.4 Å². The average molecular weight is 439 g/mol. The van der Waals surface area contributed by atoms with Crippen LogP contribution in [0, 0.1) is 11.3 Å². The average Bonchev–Trinajstić information content (AvgIpc) is 3.09.